The normalized spacial score (nSPS) is 19.4. The van der Waals surface area contributed by atoms with E-state index in [4.69, 9.17) is 0 Å². The first-order chi connectivity index (χ1) is 9.81. The zero-order valence-electron chi connectivity index (χ0n) is 12.3. The summed E-state index contributed by atoms with van der Waals surface area (Å²) in [5, 5.41) is 4.67. The minimum atomic E-state index is 0.544. The van der Waals surface area contributed by atoms with E-state index < -0.39 is 0 Å². The summed E-state index contributed by atoms with van der Waals surface area (Å²) in [6, 6.07) is 2.67. The van der Waals surface area contributed by atoms with Crippen LogP contribution in [-0.2, 0) is 7.05 Å². The highest BCUT2D eigenvalue weighted by Crippen LogP contribution is 2.26. The smallest absolute Gasteiger partial charge is 0.145 e. The maximum Gasteiger partial charge on any atom is 0.145 e. The SMILES string of the molecule is CCCN(c1ncnc2c1ccn2C)C1CCCNC1. The fourth-order valence-electron chi connectivity index (χ4n) is 3.10. The molecule has 20 heavy (non-hydrogen) atoms. The molecule has 0 spiro atoms. The molecule has 1 aliphatic rings. The van der Waals surface area contributed by atoms with Gasteiger partial charge in [-0.1, -0.05) is 6.92 Å². The summed E-state index contributed by atoms with van der Waals surface area (Å²) in [4.78, 5) is 11.5. The Morgan fingerprint density at radius 1 is 1.45 bits per heavy atom. The van der Waals surface area contributed by atoms with Gasteiger partial charge in [0.25, 0.3) is 0 Å². The van der Waals surface area contributed by atoms with Crippen molar-refractivity contribution in [3.63, 3.8) is 0 Å². The molecular formula is C15H23N5. The molecule has 2 aromatic heterocycles. The van der Waals surface area contributed by atoms with E-state index in [0.29, 0.717) is 6.04 Å². The Bertz CT molecular complexity index is 571. The van der Waals surface area contributed by atoms with Gasteiger partial charge >= 0.3 is 0 Å². The molecule has 3 heterocycles. The number of nitrogens with one attached hydrogen (secondary N) is 1. The molecule has 1 unspecified atom stereocenters. The van der Waals surface area contributed by atoms with E-state index in [9.17, 15) is 0 Å². The Kier molecular flexibility index (Phi) is 3.87. The molecule has 5 heteroatoms. The van der Waals surface area contributed by atoms with E-state index >= 15 is 0 Å². The second-order valence-corrected chi connectivity index (χ2v) is 5.55. The summed E-state index contributed by atoms with van der Waals surface area (Å²) < 4.78 is 2.06. The van der Waals surface area contributed by atoms with E-state index in [1.165, 1.54) is 12.8 Å². The van der Waals surface area contributed by atoms with Gasteiger partial charge in [0.05, 0.1) is 5.39 Å². The lowest BCUT2D eigenvalue weighted by Crippen LogP contribution is -2.47. The molecule has 0 radical (unpaired) electrons. The fourth-order valence-corrected chi connectivity index (χ4v) is 3.10. The molecule has 0 bridgehead atoms. The molecule has 108 valence electrons. The number of aryl methyl sites for hydroxylation is 1. The lowest BCUT2D eigenvalue weighted by atomic mass is 10.1. The number of fused-ring (bicyclic) bond motifs is 1. The Labute approximate surface area is 120 Å². The van der Waals surface area contributed by atoms with Crippen molar-refractivity contribution in [3.8, 4) is 0 Å². The van der Waals surface area contributed by atoms with Gasteiger partial charge in [0, 0.05) is 32.4 Å². The molecule has 0 aliphatic carbocycles. The van der Waals surface area contributed by atoms with E-state index in [-0.39, 0.29) is 0 Å². The zero-order valence-corrected chi connectivity index (χ0v) is 12.3. The quantitative estimate of drug-likeness (QED) is 0.924. The second-order valence-electron chi connectivity index (χ2n) is 5.55. The van der Waals surface area contributed by atoms with Crippen LogP contribution in [0.4, 0.5) is 5.82 Å². The number of rotatable bonds is 4. The first-order valence-electron chi connectivity index (χ1n) is 7.54. The summed E-state index contributed by atoms with van der Waals surface area (Å²) in [5.41, 5.74) is 1.01. The van der Waals surface area contributed by atoms with Crippen molar-refractivity contribution >= 4 is 16.9 Å². The molecular weight excluding hydrogens is 250 g/mol. The summed E-state index contributed by atoms with van der Waals surface area (Å²) >= 11 is 0. The van der Waals surface area contributed by atoms with Gasteiger partial charge in [-0.05, 0) is 31.9 Å². The average molecular weight is 273 g/mol. The Morgan fingerprint density at radius 2 is 2.35 bits per heavy atom. The number of aromatic nitrogens is 3. The van der Waals surface area contributed by atoms with Crippen LogP contribution >= 0.6 is 0 Å². The number of hydrogen-bond donors (Lipinski definition) is 1. The lowest BCUT2D eigenvalue weighted by molar-refractivity contribution is 0.429. The molecule has 0 amide bonds. The van der Waals surface area contributed by atoms with E-state index in [0.717, 1.165) is 42.9 Å². The van der Waals surface area contributed by atoms with Crippen molar-refractivity contribution in [1.82, 2.24) is 19.9 Å². The van der Waals surface area contributed by atoms with Gasteiger partial charge in [-0.2, -0.15) is 0 Å². The summed E-state index contributed by atoms with van der Waals surface area (Å²) in [5.74, 6) is 1.09. The van der Waals surface area contributed by atoms with Gasteiger partial charge in [-0.3, -0.25) is 0 Å². The van der Waals surface area contributed by atoms with E-state index in [1.807, 2.05) is 7.05 Å². The number of nitrogens with zero attached hydrogens (tertiary/aromatic N) is 4. The van der Waals surface area contributed by atoms with Gasteiger partial charge in [0.15, 0.2) is 0 Å². The van der Waals surface area contributed by atoms with Crippen molar-refractivity contribution in [3.05, 3.63) is 18.6 Å². The van der Waals surface area contributed by atoms with Crippen LogP contribution < -0.4 is 10.2 Å². The third-order valence-electron chi connectivity index (χ3n) is 4.09. The van der Waals surface area contributed by atoms with Crippen molar-refractivity contribution in [2.24, 2.45) is 7.05 Å². The van der Waals surface area contributed by atoms with Crippen LogP contribution in [0.25, 0.3) is 11.0 Å². The molecule has 2 aromatic rings. The molecule has 3 rings (SSSR count). The van der Waals surface area contributed by atoms with Crippen LogP contribution in [-0.4, -0.2) is 40.2 Å². The van der Waals surface area contributed by atoms with Crippen LogP contribution in [0.3, 0.4) is 0 Å². The predicted molar refractivity (Wildman–Crippen MR) is 82.0 cm³/mol. The van der Waals surface area contributed by atoms with E-state index in [1.54, 1.807) is 6.33 Å². The highest BCUT2D eigenvalue weighted by atomic mass is 15.2. The molecule has 0 saturated carbocycles. The van der Waals surface area contributed by atoms with Crippen molar-refractivity contribution in [1.29, 1.82) is 0 Å². The third kappa shape index (κ3) is 2.38. The molecule has 1 aliphatic heterocycles. The van der Waals surface area contributed by atoms with Crippen LogP contribution in [0.15, 0.2) is 18.6 Å². The number of hydrogen-bond acceptors (Lipinski definition) is 4. The van der Waals surface area contributed by atoms with Crippen LogP contribution in [0.2, 0.25) is 0 Å². The predicted octanol–water partition coefficient (Wildman–Crippen LogP) is 1.94. The Balaban J connectivity index is 2.00. The Morgan fingerprint density at radius 3 is 3.10 bits per heavy atom. The molecule has 5 nitrogen and oxygen atoms in total. The monoisotopic (exact) mass is 273 g/mol. The molecule has 0 aromatic carbocycles. The molecule has 1 saturated heterocycles. The van der Waals surface area contributed by atoms with Gasteiger partial charge < -0.3 is 14.8 Å². The minimum Gasteiger partial charge on any atom is -0.352 e. The third-order valence-corrected chi connectivity index (χ3v) is 4.09. The van der Waals surface area contributed by atoms with Gasteiger partial charge in [0.1, 0.15) is 17.8 Å². The second kappa shape index (κ2) is 5.79. The lowest BCUT2D eigenvalue weighted by Gasteiger charge is -2.35. The largest absolute Gasteiger partial charge is 0.352 e. The van der Waals surface area contributed by atoms with Gasteiger partial charge in [-0.15, -0.1) is 0 Å². The zero-order chi connectivity index (χ0) is 13.9. The number of piperidine rings is 1. The summed E-state index contributed by atoms with van der Waals surface area (Å²) in [6.07, 6.45) is 7.37. The van der Waals surface area contributed by atoms with Crippen molar-refractivity contribution in [2.45, 2.75) is 32.2 Å². The summed E-state index contributed by atoms with van der Waals surface area (Å²) in [7, 11) is 2.03. The average Bonchev–Trinajstić information content (AvgIpc) is 2.88. The number of anilines is 1. The summed E-state index contributed by atoms with van der Waals surface area (Å²) in [6.45, 7) is 5.47. The first-order valence-corrected chi connectivity index (χ1v) is 7.54. The maximum absolute atomic E-state index is 4.59. The fraction of sp³-hybridized carbons (Fsp3) is 0.600. The van der Waals surface area contributed by atoms with Gasteiger partial charge in [0.2, 0.25) is 0 Å². The van der Waals surface area contributed by atoms with Gasteiger partial charge in [-0.25, -0.2) is 9.97 Å². The molecule has 1 atom stereocenters. The Hall–Kier alpha value is -1.62. The van der Waals surface area contributed by atoms with Crippen molar-refractivity contribution in [2.75, 3.05) is 24.5 Å². The van der Waals surface area contributed by atoms with Crippen LogP contribution in [0, 0.1) is 0 Å². The highest BCUT2D eigenvalue weighted by molar-refractivity contribution is 5.88. The minimum absolute atomic E-state index is 0.544. The van der Waals surface area contributed by atoms with Crippen LogP contribution in [0.5, 0.6) is 0 Å². The first kappa shape index (κ1) is 13.4. The molecule has 1 N–H and O–H groups in total. The van der Waals surface area contributed by atoms with E-state index in [2.05, 4.69) is 43.9 Å². The highest BCUT2D eigenvalue weighted by Gasteiger charge is 2.23. The maximum atomic E-state index is 4.59. The molecule has 1 fully saturated rings. The van der Waals surface area contributed by atoms with Crippen LogP contribution in [0.1, 0.15) is 26.2 Å². The topological polar surface area (TPSA) is 46.0 Å². The van der Waals surface area contributed by atoms with Crippen molar-refractivity contribution < 1.29 is 0 Å². The standard InChI is InChI=1S/C15H23N5/c1-3-8-20(12-5-4-7-16-10-12)15-13-6-9-19(2)14(13)17-11-18-15/h6,9,11-12,16H,3-5,7-8,10H2,1-2H3.